The van der Waals surface area contributed by atoms with Crippen molar-refractivity contribution in [3.05, 3.63) is 28.2 Å². The molecule has 0 amide bonds. The molecule has 3 nitrogen and oxygen atoms in total. The first-order chi connectivity index (χ1) is 8.80. The van der Waals surface area contributed by atoms with Gasteiger partial charge in [0.2, 0.25) is 0 Å². The maximum atomic E-state index is 6.00. The largest absolute Gasteiger partial charge is 0.494 e. The van der Waals surface area contributed by atoms with E-state index in [0.717, 1.165) is 5.46 Å². The van der Waals surface area contributed by atoms with Gasteiger partial charge in [-0.3, -0.25) is 0 Å². The van der Waals surface area contributed by atoms with E-state index in [-0.39, 0.29) is 11.6 Å². The van der Waals surface area contributed by atoms with E-state index < -0.39 is 7.12 Å². The van der Waals surface area contributed by atoms with Crippen LogP contribution in [0.1, 0.15) is 13.8 Å². The summed E-state index contributed by atoms with van der Waals surface area (Å²) < 4.78 is 11.7. The van der Waals surface area contributed by atoms with E-state index in [9.17, 15) is 0 Å². The molecule has 19 heavy (non-hydrogen) atoms. The molecule has 6 heteroatoms. The van der Waals surface area contributed by atoms with Gasteiger partial charge in [-0.25, -0.2) is 0 Å². The van der Waals surface area contributed by atoms with Crippen LogP contribution in [0, 0.1) is 0 Å². The lowest BCUT2D eigenvalue weighted by Crippen LogP contribution is -2.50. The Morgan fingerprint density at radius 3 is 2.32 bits per heavy atom. The minimum Gasteiger partial charge on any atom is -0.405 e. The Labute approximate surface area is 124 Å². The van der Waals surface area contributed by atoms with Crippen LogP contribution in [-0.2, 0) is 9.31 Å². The number of nitrogens with zero attached hydrogens (tertiary/aromatic N) is 1. The van der Waals surface area contributed by atoms with E-state index in [1.165, 1.54) is 0 Å². The highest BCUT2D eigenvalue weighted by Crippen LogP contribution is 2.25. The van der Waals surface area contributed by atoms with Crippen LogP contribution >= 0.6 is 23.2 Å². The van der Waals surface area contributed by atoms with E-state index in [4.69, 9.17) is 32.5 Å². The standard InChI is InChI=1S/C13H18BCl2NO2/c1-13(2,17(3)4)12-8-18-14(19-12)9-5-10(15)7-11(16)6-9/h5-7,12H,8H2,1-4H3. The summed E-state index contributed by atoms with van der Waals surface area (Å²) in [4.78, 5) is 2.13. The molecule has 1 heterocycles. The molecule has 0 bridgehead atoms. The Kier molecular flexibility index (Phi) is 4.48. The van der Waals surface area contributed by atoms with Gasteiger partial charge in [-0.1, -0.05) is 23.2 Å². The lowest BCUT2D eigenvalue weighted by atomic mass is 9.79. The van der Waals surface area contributed by atoms with Gasteiger partial charge in [-0.05, 0) is 51.6 Å². The van der Waals surface area contributed by atoms with Crippen molar-refractivity contribution in [2.75, 3.05) is 20.7 Å². The van der Waals surface area contributed by atoms with Crippen LogP contribution in [-0.4, -0.2) is 44.4 Å². The van der Waals surface area contributed by atoms with E-state index in [1.807, 2.05) is 26.2 Å². The minimum absolute atomic E-state index is 0.00487. The molecule has 2 rings (SSSR count). The molecule has 0 aromatic heterocycles. The topological polar surface area (TPSA) is 21.7 Å². The zero-order chi connectivity index (χ0) is 14.2. The number of hydrogen-bond acceptors (Lipinski definition) is 3. The SMILES string of the molecule is CN(C)C(C)(C)C1COB(c2cc(Cl)cc(Cl)c2)O1. The zero-order valence-electron chi connectivity index (χ0n) is 11.6. The Morgan fingerprint density at radius 1 is 1.21 bits per heavy atom. The number of likely N-dealkylation sites (N-methyl/N-ethyl adjacent to an activating group) is 1. The molecular weight excluding hydrogens is 284 g/mol. The van der Waals surface area contributed by atoms with Crippen molar-refractivity contribution in [2.24, 2.45) is 0 Å². The van der Waals surface area contributed by atoms with Crippen LogP contribution in [0.4, 0.5) is 0 Å². The first-order valence-corrected chi connectivity index (χ1v) is 6.97. The van der Waals surface area contributed by atoms with Crippen LogP contribution in [0.15, 0.2) is 18.2 Å². The molecule has 1 atom stereocenters. The first kappa shape index (κ1) is 15.1. The normalized spacial score (nSPS) is 20.4. The molecule has 1 aliphatic heterocycles. The lowest BCUT2D eigenvalue weighted by molar-refractivity contribution is 0.0486. The third-order valence-electron chi connectivity index (χ3n) is 3.78. The summed E-state index contributed by atoms with van der Waals surface area (Å²) in [6, 6.07) is 5.34. The van der Waals surface area contributed by atoms with Crippen LogP contribution in [0.5, 0.6) is 0 Å². The summed E-state index contributed by atoms with van der Waals surface area (Å²) in [6.07, 6.45) is 0.00487. The van der Waals surface area contributed by atoms with Crippen molar-refractivity contribution in [1.82, 2.24) is 4.90 Å². The third-order valence-corrected chi connectivity index (χ3v) is 4.22. The summed E-state index contributed by atoms with van der Waals surface area (Å²) in [7, 11) is 3.67. The molecule has 0 N–H and O–H groups in total. The van der Waals surface area contributed by atoms with Gasteiger partial charge in [0, 0.05) is 15.6 Å². The third kappa shape index (κ3) is 3.26. The molecule has 1 aliphatic rings. The molecule has 0 aliphatic carbocycles. The zero-order valence-corrected chi connectivity index (χ0v) is 13.1. The van der Waals surface area contributed by atoms with Crippen molar-refractivity contribution in [3.63, 3.8) is 0 Å². The van der Waals surface area contributed by atoms with Gasteiger partial charge in [0.1, 0.15) is 0 Å². The second kappa shape index (κ2) is 5.62. The maximum absolute atomic E-state index is 6.00. The van der Waals surface area contributed by atoms with Gasteiger partial charge in [0.05, 0.1) is 12.7 Å². The van der Waals surface area contributed by atoms with E-state index in [1.54, 1.807) is 6.07 Å². The molecule has 1 aromatic carbocycles. The highest BCUT2D eigenvalue weighted by Gasteiger charge is 2.42. The molecular formula is C13H18BCl2NO2. The lowest BCUT2D eigenvalue weighted by Gasteiger charge is -2.37. The quantitative estimate of drug-likeness (QED) is 0.801. The van der Waals surface area contributed by atoms with Crippen LogP contribution in [0.25, 0.3) is 0 Å². The van der Waals surface area contributed by atoms with Crippen molar-refractivity contribution < 1.29 is 9.31 Å². The van der Waals surface area contributed by atoms with Gasteiger partial charge in [0.25, 0.3) is 0 Å². The van der Waals surface area contributed by atoms with Gasteiger partial charge < -0.3 is 14.2 Å². The highest BCUT2D eigenvalue weighted by atomic mass is 35.5. The van der Waals surface area contributed by atoms with E-state index >= 15 is 0 Å². The molecule has 1 fully saturated rings. The van der Waals surface area contributed by atoms with Crippen molar-refractivity contribution in [1.29, 1.82) is 0 Å². The Balaban J connectivity index is 2.14. The monoisotopic (exact) mass is 301 g/mol. The summed E-state index contributed by atoms with van der Waals surface area (Å²) in [5.74, 6) is 0. The molecule has 1 unspecified atom stereocenters. The van der Waals surface area contributed by atoms with Crippen LogP contribution in [0.3, 0.4) is 0 Å². The predicted octanol–water partition coefficient (Wildman–Crippen LogP) is 2.44. The summed E-state index contributed by atoms with van der Waals surface area (Å²) in [5.41, 5.74) is 0.756. The fraction of sp³-hybridized carbons (Fsp3) is 0.538. The van der Waals surface area contributed by atoms with Crippen LogP contribution in [0.2, 0.25) is 10.0 Å². The van der Waals surface area contributed by atoms with Crippen LogP contribution < -0.4 is 5.46 Å². The Bertz CT molecular complexity index is 448. The van der Waals surface area contributed by atoms with Gasteiger partial charge >= 0.3 is 7.12 Å². The molecule has 104 valence electrons. The second-order valence-electron chi connectivity index (χ2n) is 5.54. The summed E-state index contributed by atoms with van der Waals surface area (Å²) >= 11 is 12.0. The molecule has 0 saturated carbocycles. The van der Waals surface area contributed by atoms with Gasteiger partial charge in [0.15, 0.2) is 0 Å². The Morgan fingerprint density at radius 2 is 1.79 bits per heavy atom. The van der Waals surface area contributed by atoms with Crippen molar-refractivity contribution >= 4 is 35.8 Å². The van der Waals surface area contributed by atoms with E-state index in [2.05, 4.69) is 18.7 Å². The van der Waals surface area contributed by atoms with E-state index in [0.29, 0.717) is 16.7 Å². The van der Waals surface area contributed by atoms with Gasteiger partial charge in [-0.15, -0.1) is 0 Å². The molecule has 0 spiro atoms. The summed E-state index contributed by atoms with van der Waals surface area (Å²) in [6.45, 7) is 4.82. The fourth-order valence-electron chi connectivity index (χ4n) is 1.95. The molecule has 0 radical (unpaired) electrons. The number of halogens is 2. The molecule has 1 saturated heterocycles. The Hall–Kier alpha value is -0.255. The smallest absolute Gasteiger partial charge is 0.405 e. The number of benzene rings is 1. The maximum Gasteiger partial charge on any atom is 0.494 e. The average molecular weight is 302 g/mol. The summed E-state index contributed by atoms with van der Waals surface area (Å²) in [5, 5.41) is 1.18. The molecule has 1 aromatic rings. The first-order valence-electron chi connectivity index (χ1n) is 6.21. The highest BCUT2D eigenvalue weighted by molar-refractivity contribution is 6.62. The minimum atomic E-state index is -0.402. The second-order valence-corrected chi connectivity index (χ2v) is 6.41. The van der Waals surface area contributed by atoms with Gasteiger partial charge in [-0.2, -0.15) is 0 Å². The average Bonchev–Trinajstić information content (AvgIpc) is 2.76. The fourth-order valence-corrected chi connectivity index (χ4v) is 2.49. The van der Waals surface area contributed by atoms with Crippen molar-refractivity contribution in [2.45, 2.75) is 25.5 Å². The number of rotatable bonds is 3. The predicted molar refractivity (Wildman–Crippen MR) is 80.4 cm³/mol. The number of hydrogen-bond donors (Lipinski definition) is 0. The van der Waals surface area contributed by atoms with Crippen molar-refractivity contribution in [3.8, 4) is 0 Å².